The molecule has 0 unspecified atom stereocenters. The lowest BCUT2D eigenvalue weighted by molar-refractivity contribution is -0.137. The zero-order valence-corrected chi connectivity index (χ0v) is 9.56. The van der Waals surface area contributed by atoms with Crippen molar-refractivity contribution in [2.75, 3.05) is 7.11 Å². The zero-order valence-electron chi connectivity index (χ0n) is 9.56. The zero-order chi connectivity index (χ0) is 12.8. The molecule has 0 aliphatic carbocycles. The molecular weight excluding hydrogens is 222 g/mol. The van der Waals surface area contributed by atoms with Gasteiger partial charge < -0.3 is 10.5 Å². The molecule has 0 aromatic heterocycles. The lowest BCUT2D eigenvalue weighted by Crippen LogP contribution is -2.33. The lowest BCUT2D eigenvalue weighted by atomic mass is 10.1. The van der Waals surface area contributed by atoms with Crippen molar-refractivity contribution in [3.05, 3.63) is 29.8 Å². The summed E-state index contributed by atoms with van der Waals surface area (Å²) in [6, 6.07) is 7.15. The van der Waals surface area contributed by atoms with Gasteiger partial charge in [-0.25, -0.2) is 5.43 Å². The molecule has 1 aromatic rings. The first-order chi connectivity index (χ1) is 8.04. The van der Waals surface area contributed by atoms with Crippen LogP contribution in [0.15, 0.2) is 29.4 Å². The molecule has 0 saturated heterocycles. The van der Waals surface area contributed by atoms with Gasteiger partial charge in [-0.15, -0.1) is 0 Å². The fourth-order valence-corrected chi connectivity index (χ4v) is 1.10. The molecule has 0 radical (unpaired) electrons. The first kappa shape index (κ1) is 12.7. The minimum Gasteiger partial charge on any atom is -0.497 e. The predicted molar refractivity (Wildman–Crippen MR) is 62.5 cm³/mol. The molecule has 17 heavy (non-hydrogen) atoms. The van der Waals surface area contributed by atoms with E-state index in [1.54, 1.807) is 38.3 Å². The van der Waals surface area contributed by atoms with Crippen molar-refractivity contribution in [3.63, 3.8) is 0 Å². The first-order valence-corrected chi connectivity index (χ1v) is 4.83. The van der Waals surface area contributed by atoms with Crippen LogP contribution in [0.1, 0.15) is 12.5 Å². The van der Waals surface area contributed by atoms with Crippen LogP contribution < -0.4 is 15.9 Å². The van der Waals surface area contributed by atoms with E-state index in [2.05, 4.69) is 10.5 Å². The van der Waals surface area contributed by atoms with Gasteiger partial charge in [0, 0.05) is 5.56 Å². The number of benzene rings is 1. The number of carbonyl (C=O) groups excluding carboxylic acids is 2. The average molecular weight is 235 g/mol. The molecule has 6 heteroatoms. The molecule has 90 valence electrons. The Labute approximate surface area is 98.4 Å². The van der Waals surface area contributed by atoms with Gasteiger partial charge in [0.15, 0.2) is 0 Å². The van der Waals surface area contributed by atoms with E-state index in [1.165, 1.54) is 0 Å². The van der Waals surface area contributed by atoms with Crippen LogP contribution >= 0.6 is 0 Å². The second kappa shape index (κ2) is 5.64. The van der Waals surface area contributed by atoms with Gasteiger partial charge in [0.25, 0.3) is 0 Å². The smallest absolute Gasteiger partial charge is 0.329 e. The summed E-state index contributed by atoms with van der Waals surface area (Å²) in [4.78, 5) is 21.4. The summed E-state index contributed by atoms with van der Waals surface area (Å²) in [7, 11) is 1.56. The SMILES string of the molecule is COc1cccc(C(C)=NNC(=O)C(N)=O)c1. The van der Waals surface area contributed by atoms with Crippen LogP contribution in [0.4, 0.5) is 0 Å². The Hall–Kier alpha value is -2.37. The lowest BCUT2D eigenvalue weighted by Gasteiger charge is -2.04. The van der Waals surface area contributed by atoms with Crippen LogP contribution in [0.25, 0.3) is 0 Å². The van der Waals surface area contributed by atoms with Crippen LogP contribution in [0.2, 0.25) is 0 Å². The van der Waals surface area contributed by atoms with Gasteiger partial charge in [0.2, 0.25) is 0 Å². The molecule has 1 rings (SSSR count). The largest absolute Gasteiger partial charge is 0.497 e. The number of nitrogens with two attached hydrogens (primary N) is 1. The van der Waals surface area contributed by atoms with Crippen molar-refractivity contribution in [2.24, 2.45) is 10.8 Å². The summed E-state index contributed by atoms with van der Waals surface area (Å²) < 4.78 is 5.05. The maximum atomic E-state index is 10.9. The van der Waals surface area contributed by atoms with E-state index in [0.717, 1.165) is 5.56 Å². The third-order valence-corrected chi connectivity index (χ3v) is 2.04. The van der Waals surface area contributed by atoms with Crippen molar-refractivity contribution >= 4 is 17.5 Å². The Bertz CT molecular complexity index is 469. The highest BCUT2D eigenvalue weighted by Gasteiger charge is 2.07. The standard InChI is InChI=1S/C11H13N3O3/c1-7(13-14-11(16)10(12)15)8-4-3-5-9(6-8)17-2/h3-6H,1-2H3,(H2,12,15)(H,14,16). The summed E-state index contributed by atoms with van der Waals surface area (Å²) in [5.74, 6) is -1.35. The minimum absolute atomic E-state index is 0.540. The van der Waals surface area contributed by atoms with Crippen molar-refractivity contribution in [3.8, 4) is 5.75 Å². The number of nitrogens with one attached hydrogen (secondary N) is 1. The number of carbonyl (C=O) groups is 2. The van der Waals surface area contributed by atoms with E-state index in [9.17, 15) is 9.59 Å². The maximum Gasteiger partial charge on any atom is 0.329 e. The van der Waals surface area contributed by atoms with E-state index in [-0.39, 0.29) is 0 Å². The molecular formula is C11H13N3O3. The first-order valence-electron chi connectivity index (χ1n) is 4.83. The predicted octanol–water partition coefficient (Wildman–Crippen LogP) is 0.0207. The molecule has 6 nitrogen and oxygen atoms in total. The number of hydrogen-bond donors (Lipinski definition) is 2. The van der Waals surface area contributed by atoms with Gasteiger partial charge in [0.05, 0.1) is 12.8 Å². The molecule has 0 atom stereocenters. The number of rotatable bonds is 3. The molecule has 0 aliphatic heterocycles. The quantitative estimate of drug-likeness (QED) is 0.439. The number of methoxy groups -OCH3 is 1. The molecule has 0 heterocycles. The van der Waals surface area contributed by atoms with Gasteiger partial charge >= 0.3 is 11.8 Å². The van der Waals surface area contributed by atoms with E-state index in [0.29, 0.717) is 11.5 Å². The van der Waals surface area contributed by atoms with Crippen LogP contribution in [0.3, 0.4) is 0 Å². The molecule has 3 N–H and O–H groups in total. The Morgan fingerprint density at radius 1 is 1.41 bits per heavy atom. The summed E-state index contributed by atoms with van der Waals surface area (Å²) in [6.45, 7) is 1.69. The van der Waals surface area contributed by atoms with Gasteiger partial charge in [-0.3, -0.25) is 9.59 Å². The number of nitrogens with zero attached hydrogens (tertiary/aromatic N) is 1. The third kappa shape index (κ3) is 3.60. The molecule has 0 aliphatic rings. The minimum atomic E-state index is -1.08. The molecule has 0 spiro atoms. The molecule has 0 bridgehead atoms. The van der Waals surface area contributed by atoms with Crippen LogP contribution in [0, 0.1) is 0 Å². The Kier molecular flexibility index (Phi) is 4.21. The highest BCUT2D eigenvalue weighted by molar-refractivity contribution is 6.34. The van der Waals surface area contributed by atoms with Gasteiger partial charge in [0.1, 0.15) is 5.75 Å². The number of ether oxygens (including phenoxy) is 1. The topological polar surface area (TPSA) is 93.8 Å². The van der Waals surface area contributed by atoms with E-state index < -0.39 is 11.8 Å². The number of amides is 2. The van der Waals surface area contributed by atoms with Crippen molar-refractivity contribution in [1.29, 1.82) is 0 Å². The van der Waals surface area contributed by atoms with Crippen molar-refractivity contribution in [2.45, 2.75) is 6.92 Å². The fraction of sp³-hybridized carbons (Fsp3) is 0.182. The number of hydrazone groups is 1. The van der Waals surface area contributed by atoms with Gasteiger partial charge in [-0.2, -0.15) is 5.10 Å². The highest BCUT2D eigenvalue weighted by atomic mass is 16.5. The normalized spacial score (nSPS) is 10.8. The highest BCUT2D eigenvalue weighted by Crippen LogP contribution is 2.12. The van der Waals surface area contributed by atoms with E-state index in [1.807, 2.05) is 0 Å². The van der Waals surface area contributed by atoms with E-state index in [4.69, 9.17) is 10.5 Å². The fourth-order valence-electron chi connectivity index (χ4n) is 1.10. The van der Waals surface area contributed by atoms with Gasteiger partial charge in [-0.05, 0) is 19.1 Å². The van der Waals surface area contributed by atoms with Gasteiger partial charge in [-0.1, -0.05) is 12.1 Å². The van der Waals surface area contributed by atoms with Crippen LogP contribution in [-0.4, -0.2) is 24.6 Å². The number of hydrogen-bond acceptors (Lipinski definition) is 4. The Morgan fingerprint density at radius 3 is 2.71 bits per heavy atom. The van der Waals surface area contributed by atoms with Crippen molar-refractivity contribution in [1.82, 2.24) is 5.43 Å². The second-order valence-electron chi connectivity index (χ2n) is 3.23. The molecule has 0 fully saturated rings. The second-order valence-corrected chi connectivity index (χ2v) is 3.23. The number of primary amides is 1. The monoisotopic (exact) mass is 235 g/mol. The maximum absolute atomic E-state index is 10.9. The Balaban J connectivity index is 2.81. The summed E-state index contributed by atoms with van der Waals surface area (Å²) in [6.07, 6.45) is 0. The summed E-state index contributed by atoms with van der Waals surface area (Å²) in [5.41, 5.74) is 8.13. The third-order valence-electron chi connectivity index (χ3n) is 2.04. The summed E-state index contributed by atoms with van der Waals surface area (Å²) in [5, 5.41) is 3.75. The average Bonchev–Trinajstić information content (AvgIpc) is 2.35. The summed E-state index contributed by atoms with van der Waals surface area (Å²) >= 11 is 0. The van der Waals surface area contributed by atoms with Crippen molar-refractivity contribution < 1.29 is 14.3 Å². The van der Waals surface area contributed by atoms with Crippen LogP contribution in [-0.2, 0) is 9.59 Å². The molecule has 2 amide bonds. The van der Waals surface area contributed by atoms with E-state index >= 15 is 0 Å². The van der Waals surface area contributed by atoms with Crippen LogP contribution in [0.5, 0.6) is 5.75 Å². The molecule has 1 aromatic carbocycles. The Morgan fingerprint density at radius 2 is 2.12 bits per heavy atom. The molecule has 0 saturated carbocycles.